The van der Waals surface area contributed by atoms with Gasteiger partial charge in [-0.05, 0) is 44.0 Å². The zero-order valence-electron chi connectivity index (χ0n) is 16.8. The molecule has 2 aromatic carbocycles. The molecule has 9 heteroatoms. The van der Waals surface area contributed by atoms with E-state index in [1.165, 1.54) is 11.8 Å². The number of rotatable bonds is 6. The van der Waals surface area contributed by atoms with Crippen molar-refractivity contribution in [2.24, 2.45) is 0 Å². The highest BCUT2D eigenvalue weighted by Crippen LogP contribution is 2.31. The first kappa shape index (κ1) is 20.4. The van der Waals surface area contributed by atoms with Crippen LogP contribution in [0.5, 0.6) is 0 Å². The lowest BCUT2D eigenvalue weighted by molar-refractivity contribution is -0.123. The van der Waals surface area contributed by atoms with Crippen molar-refractivity contribution >= 4 is 55.8 Å². The van der Waals surface area contributed by atoms with Crippen molar-refractivity contribution < 1.29 is 9.59 Å². The van der Waals surface area contributed by atoms with Crippen molar-refractivity contribution in [1.29, 1.82) is 0 Å². The molecule has 0 aliphatic heterocycles. The predicted octanol–water partition coefficient (Wildman–Crippen LogP) is 3.80. The van der Waals surface area contributed by atoms with Crippen LogP contribution in [0, 0.1) is 13.8 Å². The highest BCUT2D eigenvalue weighted by atomic mass is 32.2. The summed E-state index contributed by atoms with van der Waals surface area (Å²) in [4.78, 5) is 25.6. The van der Waals surface area contributed by atoms with Crippen LogP contribution in [0.4, 0.5) is 5.69 Å². The van der Waals surface area contributed by atoms with E-state index in [0.29, 0.717) is 5.16 Å². The summed E-state index contributed by atoms with van der Waals surface area (Å²) in [6.45, 7) is 5.58. The molecule has 7 nitrogen and oxygen atoms in total. The highest BCUT2D eigenvalue weighted by Gasteiger charge is 2.20. The van der Waals surface area contributed by atoms with Gasteiger partial charge in [0.2, 0.25) is 16.8 Å². The lowest BCUT2D eigenvalue weighted by Gasteiger charge is -2.13. The van der Waals surface area contributed by atoms with Gasteiger partial charge in [0.1, 0.15) is 0 Å². The molecule has 2 amide bonds. The Labute approximate surface area is 181 Å². The molecule has 1 atom stereocenters. The molecule has 2 N–H and O–H groups in total. The molecule has 30 heavy (non-hydrogen) atoms. The third-order valence-electron chi connectivity index (χ3n) is 4.73. The molecule has 4 rings (SSSR count). The Balaban J connectivity index is 1.38. The Morgan fingerprint density at radius 3 is 2.60 bits per heavy atom. The van der Waals surface area contributed by atoms with Crippen molar-refractivity contribution in [3.05, 3.63) is 53.6 Å². The number of hydrogen-bond donors (Lipinski definition) is 2. The fourth-order valence-electron chi connectivity index (χ4n) is 3.15. The summed E-state index contributed by atoms with van der Waals surface area (Å²) in [7, 11) is 0. The van der Waals surface area contributed by atoms with Gasteiger partial charge < -0.3 is 10.6 Å². The molecular weight excluding hydrogens is 418 g/mol. The van der Waals surface area contributed by atoms with Crippen molar-refractivity contribution in [1.82, 2.24) is 19.9 Å². The maximum Gasteiger partial charge on any atom is 0.243 e. The SMILES string of the molecule is Cc1cccc(C)c1NC(=O)CNC(=O)C(C)Sc1nnc2sc3ccccc3n12. The monoisotopic (exact) mass is 439 g/mol. The number of aryl methyl sites for hydroxylation is 2. The van der Waals surface area contributed by atoms with Crippen LogP contribution in [0.2, 0.25) is 0 Å². The molecular formula is C21H21N5O2S2. The van der Waals surface area contributed by atoms with Crippen LogP contribution in [0.15, 0.2) is 47.6 Å². The first-order valence-electron chi connectivity index (χ1n) is 9.47. The van der Waals surface area contributed by atoms with Gasteiger partial charge in [-0.15, -0.1) is 10.2 Å². The maximum atomic E-state index is 12.5. The fraction of sp³-hybridized carbons (Fsp3) is 0.238. The standard InChI is InChI=1S/C21H21N5O2S2/c1-12-7-6-8-13(2)18(12)23-17(27)11-22-19(28)14(3)29-20-24-25-21-26(20)15-9-4-5-10-16(15)30-21/h4-10,14H,11H2,1-3H3,(H,22,28)(H,23,27). The number of thioether (sulfide) groups is 1. The van der Waals surface area contributed by atoms with Gasteiger partial charge in [-0.25, -0.2) is 0 Å². The van der Waals surface area contributed by atoms with Crippen LogP contribution in [0.3, 0.4) is 0 Å². The predicted molar refractivity (Wildman–Crippen MR) is 121 cm³/mol. The van der Waals surface area contributed by atoms with E-state index in [4.69, 9.17) is 0 Å². The fourth-order valence-corrected chi connectivity index (χ4v) is 5.06. The Morgan fingerprint density at radius 1 is 1.10 bits per heavy atom. The van der Waals surface area contributed by atoms with Crippen molar-refractivity contribution in [3.63, 3.8) is 0 Å². The molecule has 0 radical (unpaired) electrons. The normalized spacial score (nSPS) is 12.2. The lowest BCUT2D eigenvalue weighted by atomic mass is 10.1. The second-order valence-corrected chi connectivity index (χ2v) is 9.28. The van der Waals surface area contributed by atoms with Crippen molar-refractivity contribution in [3.8, 4) is 0 Å². The molecule has 2 heterocycles. The number of nitrogens with one attached hydrogen (secondary N) is 2. The second-order valence-electron chi connectivity index (χ2n) is 6.96. The molecule has 0 bridgehead atoms. The van der Waals surface area contributed by atoms with Gasteiger partial charge >= 0.3 is 0 Å². The van der Waals surface area contributed by atoms with E-state index in [1.807, 2.05) is 60.7 Å². The third kappa shape index (κ3) is 4.03. The highest BCUT2D eigenvalue weighted by molar-refractivity contribution is 8.00. The molecule has 0 saturated carbocycles. The quantitative estimate of drug-likeness (QED) is 0.446. The van der Waals surface area contributed by atoms with Crippen LogP contribution in [0.1, 0.15) is 18.1 Å². The van der Waals surface area contributed by atoms with Gasteiger partial charge in [0.15, 0.2) is 5.16 Å². The Kier molecular flexibility index (Phi) is 5.74. The first-order chi connectivity index (χ1) is 14.4. The number of hydrogen-bond acceptors (Lipinski definition) is 6. The van der Waals surface area contributed by atoms with Crippen LogP contribution >= 0.6 is 23.1 Å². The van der Waals surface area contributed by atoms with Crippen LogP contribution in [-0.4, -0.2) is 38.2 Å². The van der Waals surface area contributed by atoms with Crippen molar-refractivity contribution in [2.45, 2.75) is 31.2 Å². The Bertz CT molecular complexity index is 1230. The average molecular weight is 440 g/mol. The molecule has 4 aromatic rings. The topological polar surface area (TPSA) is 88.4 Å². The number of para-hydroxylation sites is 2. The summed E-state index contributed by atoms with van der Waals surface area (Å²) in [6, 6.07) is 13.8. The van der Waals surface area contributed by atoms with Gasteiger partial charge in [0, 0.05) is 5.69 Å². The molecule has 0 aliphatic carbocycles. The molecule has 1 unspecified atom stereocenters. The number of carbonyl (C=O) groups excluding carboxylic acids is 2. The summed E-state index contributed by atoms with van der Waals surface area (Å²) in [5.74, 6) is -0.486. The minimum absolute atomic E-state index is 0.0892. The van der Waals surface area contributed by atoms with E-state index >= 15 is 0 Å². The average Bonchev–Trinajstić information content (AvgIpc) is 3.28. The van der Waals surface area contributed by atoms with E-state index in [0.717, 1.165) is 32.0 Å². The molecule has 2 aromatic heterocycles. The third-order valence-corrected chi connectivity index (χ3v) is 6.79. The number of fused-ring (bicyclic) bond motifs is 3. The van der Waals surface area contributed by atoms with Gasteiger partial charge in [0.25, 0.3) is 0 Å². The van der Waals surface area contributed by atoms with Gasteiger partial charge in [-0.3, -0.25) is 14.0 Å². The minimum Gasteiger partial charge on any atom is -0.346 e. The molecule has 0 fully saturated rings. The molecule has 0 spiro atoms. The lowest BCUT2D eigenvalue weighted by Crippen LogP contribution is -2.37. The number of benzene rings is 2. The zero-order chi connectivity index (χ0) is 21.3. The Morgan fingerprint density at radius 2 is 1.83 bits per heavy atom. The van der Waals surface area contributed by atoms with E-state index in [-0.39, 0.29) is 18.4 Å². The van der Waals surface area contributed by atoms with E-state index in [2.05, 4.69) is 20.8 Å². The van der Waals surface area contributed by atoms with Gasteiger partial charge in [0.05, 0.1) is 22.0 Å². The van der Waals surface area contributed by atoms with Crippen LogP contribution < -0.4 is 10.6 Å². The van der Waals surface area contributed by atoms with E-state index < -0.39 is 5.25 Å². The summed E-state index contributed by atoms with van der Waals surface area (Å²) >= 11 is 2.88. The largest absolute Gasteiger partial charge is 0.346 e. The molecule has 154 valence electrons. The summed E-state index contributed by atoms with van der Waals surface area (Å²) in [6.07, 6.45) is 0. The number of nitrogens with zero attached hydrogens (tertiary/aromatic N) is 3. The minimum atomic E-state index is -0.427. The van der Waals surface area contributed by atoms with Crippen LogP contribution in [-0.2, 0) is 9.59 Å². The maximum absolute atomic E-state index is 12.5. The summed E-state index contributed by atoms with van der Waals surface area (Å²) in [5, 5.41) is 14.3. The number of aromatic nitrogens is 3. The molecule has 0 aliphatic rings. The first-order valence-corrected chi connectivity index (χ1v) is 11.2. The summed E-state index contributed by atoms with van der Waals surface area (Å²) in [5.41, 5.74) is 3.77. The second kappa shape index (κ2) is 8.45. The number of carbonyl (C=O) groups is 2. The van der Waals surface area contributed by atoms with Gasteiger partial charge in [-0.2, -0.15) is 0 Å². The van der Waals surface area contributed by atoms with Crippen LogP contribution in [0.25, 0.3) is 15.2 Å². The van der Waals surface area contributed by atoms with E-state index in [9.17, 15) is 9.59 Å². The number of anilines is 1. The number of thiazole rings is 1. The summed E-state index contributed by atoms with van der Waals surface area (Å²) < 4.78 is 3.08. The molecule has 0 saturated heterocycles. The van der Waals surface area contributed by atoms with Crippen molar-refractivity contribution in [2.75, 3.05) is 11.9 Å². The Hall–Kier alpha value is -2.91. The smallest absolute Gasteiger partial charge is 0.243 e. The zero-order valence-corrected chi connectivity index (χ0v) is 18.4. The van der Waals surface area contributed by atoms with E-state index in [1.54, 1.807) is 18.3 Å². The van der Waals surface area contributed by atoms with Gasteiger partial charge in [-0.1, -0.05) is 53.4 Å². The number of amides is 2.